The van der Waals surface area contributed by atoms with E-state index in [9.17, 15) is 4.79 Å². The number of allylic oxidation sites excluding steroid dienone is 7. The predicted molar refractivity (Wildman–Crippen MR) is 88.8 cm³/mol. The SMILES string of the molecule is CCCC=CC=CC=C(C)C1OC=C(C)C=C1OC(=O)CN. The molecule has 0 aromatic rings. The molecule has 0 aromatic heterocycles. The molecule has 0 fully saturated rings. The van der Waals surface area contributed by atoms with Crippen molar-refractivity contribution in [3.8, 4) is 0 Å². The summed E-state index contributed by atoms with van der Waals surface area (Å²) in [5.74, 6) is -0.000448. The third-order valence-electron chi connectivity index (χ3n) is 3.00. The Hall–Kier alpha value is -2.07. The Morgan fingerprint density at radius 3 is 2.86 bits per heavy atom. The van der Waals surface area contributed by atoms with Crippen LogP contribution in [0.15, 0.2) is 59.6 Å². The Kier molecular flexibility index (Phi) is 8.00. The molecule has 1 aliphatic heterocycles. The van der Waals surface area contributed by atoms with Gasteiger partial charge < -0.3 is 15.2 Å². The summed E-state index contributed by atoms with van der Waals surface area (Å²) < 4.78 is 10.9. The summed E-state index contributed by atoms with van der Waals surface area (Å²) in [6.07, 6.45) is 15.3. The summed E-state index contributed by atoms with van der Waals surface area (Å²) in [4.78, 5) is 11.4. The second kappa shape index (κ2) is 9.79. The molecular weight excluding hydrogens is 278 g/mol. The van der Waals surface area contributed by atoms with Crippen LogP contribution in [0.1, 0.15) is 33.6 Å². The highest BCUT2D eigenvalue weighted by molar-refractivity contribution is 5.72. The van der Waals surface area contributed by atoms with Crippen molar-refractivity contribution in [2.24, 2.45) is 5.73 Å². The molecule has 1 unspecified atom stereocenters. The van der Waals surface area contributed by atoms with Crippen LogP contribution in [0.5, 0.6) is 0 Å². The average Bonchev–Trinajstić information content (AvgIpc) is 2.50. The Balaban J connectivity index is 2.75. The molecule has 22 heavy (non-hydrogen) atoms. The second-order valence-corrected chi connectivity index (χ2v) is 5.12. The van der Waals surface area contributed by atoms with Crippen LogP contribution < -0.4 is 5.73 Å². The lowest BCUT2D eigenvalue weighted by molar-refractivity contribution is -0.139. The van der Waals surface area contributed by atoms with Gasteiger partial charge in [0, 0.05) is 0 Å². The number of carbonyl (C=O) groups is 1. The molecule has 1 aliphatic rings. The molecular formula is C18H25NO3. The topological polar surface area (TPSA) is 61.5 Å². The number of esters is 1. The number of carbonyl (C=O) groups excluding carboxylic acids is 1. The van der Waals surface area contributed by atoms with Crippen molar-refractivity contribution in [2.75, 3.05) is 6.54 Å². The first-order valence-electron chi connectivity index (χ1n) is 7.53. The molecule has 4 nitrogen and oxygen atoms in total. The van der Waals surface area contributed by atoms with Gasteiger partial charge in [-0.3, -0.25) is 4.79 Å². The van der Waals surface area contributed by atoms with E-state index in [1.807, 2.05) is 38.2 Å². The molecule has 0 amide bonds. The van der Waals surface area contributed by atoms with Gasteiger partial charge >= 0.3 is 5.97 Å². The first kappa shape index (κ1) is 18.0. The lowest BCUT2D eigenvalue weighted by Crippen LogP contribution is -2.25. The van der Waals surface area contributed by atoms with Crippen LogP contribution in [0.25, 0.3) is 0 Å². The number of ether oxygens (including phenoxy) is 2. The predicted octanol–water partition coefficient (Wildman–Crippen LogP) is 3.53. The quantitative estimate of drug-likeness (QED) is 0.577. The summed E-state index contributed by atoms with van der Waals surface area (Å²) in [5.41, 5.74) is 7.13. The maximum Gasteiger partial charge on any atom is 0.324 e. The van der Waals surface area contributed by atoms with Gasteiger partial charge in [-0.1, -0.05) is 43.7 Å². The minimum absolute atomic E-state index is 0.155. The van der Waals surface area contributed by atoms with Crippen molar-refractivity contribution in [1.82, 2.24) is 0 Å². The molecule has 0 radical (unpaired) electrons. The zero-order chi connectivity index (χ0) is 16.4. The largest absolute Gasteiger partial charge is 0.485 e. The van der Waals surface area contributed by atoms with E-state index in [4.69, 9.17) is 15.2 Å². The van der Waals surface area contributed by atoms with Gasteiger partial charge in [0.15, 0.2) is 11.9 Å². The minimum atomic E-state index is -0.472. The van der Waals surface area contributed by atoms with Crippen LogP contribution >= 0.6 is 0 Å². The minimum Gasteiger partial charge on any atom is -0.485 e. The highest BCUT2D eigenvalue weighted by Crippen LogP contribution is 2.24. The fourth-order valence-electron chi connectivity index (χ4n) is 1.86. The van der Waals surface area contributed by atoms with Gasteiger partial charge in [-0.05, 0) is 37.5 Å². The lowest BCUT2D eigenvalue weighted by atomic mass is 10.1. The Morgan fingerprint density at radius 1 is 1.41 bits per heavy atom. The van der Waals surface area contributed by atoms with Gasteiger partial charge in [-0.2, -0.15) is 0 Å². The molecule has 1 rings (SSSR count). The van der Waals surface area contributed by atoms with Crippen molar-refractivity contribution in [1.29, 1.82) is 0 Å². The van der Waals surface area contributed by atoms with E-state index in [1.165, 1.54) is 0 Å². The molecule has 0 saturated heterocycles. The van der Waals surface area contributed by atoms with Crippen LogP contribution in [-0.2, 0) is 14.3 Å². The van der Waals surface area contributed by atoms with Crippen molar-refractivity contribution in [2.45, 2.75) is 39.7 Å². The van der Waals surface area contributed by atoms with E-state index >= 15 is 0 Å². The molecule has 0 bridgehead atoms. The molecule has 2 N–H and O–H groups in total. The van der Waals surface area contributed by atoms with Crippen molar-refractivity contribution >= 4 is 5.97 Å². The Bertz CT molecular complexity index is 524. The lowest BCUT2D eigenvalue weighted by Gasteiger charge is -2.23. The number of rotatable bonds is 7. The van der Waals surface area contributed by atoms with E-state index < -0.39 is 12.1 Å². The first-order chi connectivity index (χ1) is 10.6. The first-order valence-corrected chi connectivity index (χ1v) is 7.53. The zero-order valence-corrected chi connectivity index (χ0v) is 13.5. The Labute approximate surface area is 132 Å². The molecule has 1 heterocycles. The van der Waals surface area contributed by atoms with Crippen LogP contribution in [0.2, 0.25) is 0 Å². The van der Waals surface area contributed by atoms with E-state index in [0.29, 0.717) is 5.76 Å². The fourth-order valence-corrected chi connectivity index (χ4v) is 1.86. The summed E-state index contributed by atoms with van der Waals surface area (Å²) in [5, 5.41) is 0. The molecule has 0 spiro atoms. The van der Waals surface area contributed by atoms with Crippen molar-refractivity contribution < 1.29 is 14.3 Å². The number of unbranched alkanes of at least 4 members (excludes halogenated alkanes) is 1. The van der Waals surface area contributed by atoms with Gasteiger partial charge in [-0.15, -0.1) is 0 Å². The molecule has 120 valence electrons. The van der Waals surface area contributed by atoms with Crippen molar-refractivity contribution in [3.63, 3.8) is 0 Å². The van der Waals surface area contributed by atoms with E-state index in [-0.39, 0.29) is 6.54 Å². The normalized spacial score (nSPS) is 19.1. The highest BCUT2D eigenvalue weighted by Gasteiger charge is 2.23. The van der Waals surface area contributed by atoms with Crippen LogP contribution in [-0.4, -0.2) is 18.6 Å². The maximum atomic E-state index is 11.4. The maximum absolute atomic E-state index is 11.4. The standard InChI is InChI=1S/C18H25NO3/c1-4-5-6-7-8-9-10-15(3)18-16(22-17(20)12-19)11-14(2)13-21-18/h6-11,13,18H,4-5,12,19H2,1-3H3. The molecule has 0 aromatic carbocycles. The smallest absolute Gasteiger partial charge is 0.324 e. The van der Waals surface area contributed by atoms with Gasteiger partial charge in [0.2, 0.25) is 0 Å². The third-order valence-corrected chi connectivity index (χ3v) is 3.00. The summed E-state index contributed by atoms with van der Waals surface area (Å²) in [7, 11) is 0. The molecule has 0 aliphatic carbocycles. The summed E-state index contributed by atoms with van der Waals surface area (Å²) >= 11 is 0. The van der Waals surface area contributed by atoms with Gasteiger partial charge in [-0.25, -0.2) is 0 Å². The van der Waals surface area contributed by atoms with Crippen LogP contribution in [0, 0.1) is 0 Å². The van der Waals surface area contributed by atoms with E-state index in [2.05, 4.69) is 13.0 Å². The third kappa shape index (κ3) is 6.14. The zero-order valence-electron chi connectivity index (χ0n) is 13.5. The summed E-state index contributed by atoms with van der Waals surface area (Å²) in [6.45, 7) is 5.80. The second-order valence-electron chi connectivity index (χ2n) is 5.12. The summed E-state index contributed by atoms with van der Waals surface area (Å²) in [6, 6.07) is 0. The highest BCUT2D eigenvalue weighted by atomic mass is 16.6. The molecule has 4 heteroatoms. The molecule has 1 atom stereocenters. The average molecular weight is 303 g/mol. The van der Waals surface area contributed by atoms with Crippen molar-refractivity contribution in [3.05, 3.63) is 59.6 Å². The fraction of sp³-hybridized carbons (Fsp3) is 0.389. The van der Waals surface area contributed by atoms with E-state index in [0.717, 1.165) is 24.0 Å². The van der Waals surface area contributed by atoms with Crippen LogP contribution in [0.3, 0.4) is 0 Å². The van der Waals surface area contributed by atoms with Crippen LogP contribution in [0.4, 0.5) is 0 Å². The van der Waals surface area contributed by atoms with Gasteiger partial charge in [0.05, 0.1) is 12.8 Å². The Morgan fingerprint density at radius 2 is 2.18 bits per heavy atom. The van der Waals surface area contributed by atoms with E-state index in [1.54, 1.807) is 12.3 Å². The number of hydrogen-bond donors (Lipinski definition) is 1. The van der Waals surface area contributed by atoms with Gasteiger partial charge in [0.1, 0.15) is 0 Å². The molecule has 0 saturated carbocycles. The number of nitrogens with two attached hydrogens (primary N) is 1. The monoisotopic (exact) mass is 303 g/mol. The van der Waals surface area contributed by atoms with Gasteiger partial charge in [0.25, 0.3) is 0 Å². The number of hydrogen-bond acceptors (Lipinski definition) is 4.